The summed E-state index contributed by atoms with van der Waals surface area (Å²) in [4.78, 5) is 16.9. The van der Waals surface area contributed by atoms with Crippen LogP contribution in [0.5, 0.6) is 5.75 Å². The van der Waals surface area contributed by atoms with Crippen LogP contribution >= 0.6 is 0 Å². The molecule has 0 bridgehead atoms. The van der Waals surface area contributed by atoms with E-state index in [1.165, 1.54) is 0 Å². The van der Waals surface area contributed by atoms with Gasteiger partial charge in [0, 0.05) is 22.9 Å². The Balaban J connectivity index is 1.51. The monoisotopic (exact) mass is 370 g/mol. The van der Waals surface area contributed by atoms with Crippen LogP contribution in [0.1, 0.15) is 21.7 Å². The predicted molar refractivity (Wildman–Crippen MR) is 111 cm³/mol. The number of hydrogen-bond donors (Lipinski definition) is 2. The number of furan rings is 1. The molecule has 28 heavy (non-hydrogen) atoms. The molecule has 4 aromatic rings. The summed E-state index contributed by atoms with van der Waals surface area (Å²) in [6.07, 6.45) is 1.61. The molecule has 1 aromatic heterocycles. The molecule has 1 heterocycles. The fourth-order valence-electron chi connectivity index (χ4n) is 2.89. The van der Waals surface area contributed by atoms with Gasteiger partial charge >= 0.3 is 0 Å². The van der Waals surface area contributed by atoms with Gasteiger partial charge in [0.1, 0.15) is 11.3 Å². The molecular formula is C23H18N2O3. The molecule has 0 radical (unpaired) electrons. The lowest BCUT2D eigenvalue weighted by molar-refractivity contribution is 0.0998. The van der Waals surface area contributed by atoms with Gasteiger partial charge in [-0.1, -0.05) is 30.3 Å². The molecule has 0 unspecified atom stereocenters. The highest BCUT2D eigenvalue weighted by atomic mass is 16.3. The largest absolute Gasteiger partial charge is 0.507 e. The number of hydrogen-bond acceptors (Lipinski definition) is 4. The quantitative estimate of drug-likeness (QED) is 0.469. The van der Waals surface area contributed by atoms with Crippen LogP contribution in [0, 0.1) is 6.92 Å². The van der Waals surface area contributed by atoms with Crippen molar-refractivity contribution in [2.45, 2.75) is 6.92 Å². The van der Waals surface area contributed by atoms with Crippen LogP contribution in [0.4, 0.5) is 11.4 Å². The summed E-state index contributed by atoms with van der Waals surface area (Å²) in [7, 11) is 0. The molecule has 0 fully saturated rings. The number of anilines is 1. The van der Waals surface area contributed by atoms with Crippen molar-refractivity contribution in [3.63, 3.8) is 0 Å². The third-order valence-corrected chi connectivity index (χ3v) is 4.40. The number of phenolic OH excluding ortho intramolecular Hbond substituents is 1. The number of rotatable bonds is 4. The molecule has 138 valence electrons. The molecule has 0 atom stereocenters. The van der Waals surface area contributed by atoms with Gasteiger partial charge in [0.25, 0.3) is 5.91 Å². The normalized spacial score (nSPS) is 11.2. The first-order valence-corrected chi connectivity index (χ1v) is 8.83. The molecule has 0 aliphatic carbocycles. The Bertz CT molecular complexity index is 1160. The third-order valence-electron chi connectivity index (χ3n) is 4.40. The summed E-state index contributed by atoms with van der Waals surface area (Å²) in [5.74, 6) is 0.143. The second kappa shape index (κ2) is 7.40. The minimum absolute atomic E-state index is 0.178. The van der Waals surface area contributed by atoms with E-state index in [4.69, 9.17) is 4.42 Å². The van der Waals surface area contributed by atoms with Gasteiger partial charge in [-0.3, -0.25) is 9.79 Å². The van der Waals surface area contributed by atoms with E-state index < -0.39 is 0 Å². The number of carbonyl (C=O) groups is 1. The second-order valence-electron chi connectivity index (χ2n) is 6.42. The Hall–Kier alpha value is -3.86. The summed E-state index contributed by atoms with van der Waals surface area (Å²) in [5.41, 5.74) is 3.60. The van der Waals surface area contributed by atoms with Gasteiger partial charge < -0.3 is 14.8 Å². The van der Waals surface area contributed by atoms with Crippen LogP contribution in [0.15, 0.2) is 82.2 Å². The molecule has 0 saturated carbocycles. The predicted octanol–water partition coefficient (Wildman–Crippen LogP) is 5.45. The molecule has 0 saturated heterocycles. The fraction of sp³-hybridized carbons (Fsp3) is 0.0435. The van der Waals surface area contributed by atoms with Crippen LogP contribution in [-0.2, 0) is 0 Å². The molecule has 0 spiro atoms. The fourth-order valence-corrected chi connectivity index (χ4v) is 2.89. The van der Waals surface area contributed by atoms with Crippen molar-refractivity contribution in [3.8, 4) is 5.75 Å². The Kier molecular flexibility index (Phi) is 4.64. The lowest BCUT2D eigenvalue weighted by atomic mass is 10.1. The molecule has 0 aliphatic rings. The Labute approximate surface area is 162 Å². The highest BCUT2D eigenvalue weighted by molar-refractivity contribution is 6.05. The number of fused-ring (bicyclic) bond motifs is 1. The molecule has 4 rings (SSSR count). The van der Waals surface area contributed by atoms with Crippen molar-refractivity contribution >= 4 is 34.5 Å². The Morgan fingerprint density at radius 2 is 1.82 bits per heavy atom. The van der Waals surface area contributed by atoms with E-state index in [1.807, 2.05) is 43.3 Å². The maximum Gasteiger partial charge on any atom is 0.291 e. The average molecular weight is 370 g/mol. The van der Waals surface area contributed by atoms with Crippen LogP contribution in [0.2, 0.25) is 0 Å². The van der Waals surface area contributed by atoms with Gasteiger partial charge in [0.2, 0.25) is 0 Å². The summed E-state index contributed by atoms with van der Waals surface area (Å²) in [5, 5.41) is 13.6. The van der Waals surface area contributed by atoms with E-state index in [1.54, 1.807) is 42.6 Å². The summed E-state index contributed by atoms with van der Waals surface area (Å²) < 4.78 is 5.61. The first-order chi connectivity index (χ1) is 13.6. The molecule has 0 aliphatic heterocycles. The maximum absolute atomic E-state index is 12.5. The van der Waals surface area contributed by atoms with Gasteiger partial charge in [-0.15, -0.1) is 0 Å². The van der Waals surface area contributed by atoms with Crippen molar-refractivity contribution in [2.24, 2.45) is 4.99 Å². The number of phenols is 1. The number of aromatic hydroxyl groups is 1. The van der Waals surface area contributed by atoms with Crippen molar-refractivity contribution in [2.75, 3.05) is 5.32 Å². The standard InChI is InChI=1S/C23H18N2O3/c1-15-12-18(24-14-17-7-2-4-8-20(17)26)10-11-19(15)25-23(27)22-13-16-6-3-5-9-21(16)28-22/h2-14,26H,1H3,(H,25,27). The minimum atomic E-state index is -0.301. The first-order valence-electron chi connectivity index (χ1n) is 8.83. The average Bonchev–Trinajstić information content (AvgIpc) is 3.14. The zero-order valence-corrected chi connectivity index (χ0v) is 15.2. The van der Waals surface area contributed by atoms with Crippen LogP contribution in [-0.4, -0.2) is 17.2 Å². The smallest absolute Gasteiger partial charge is 0.291 e. The van der Waals surface area contributed by atoms with Crippen molar-refractivity contribution < 1.29 is 14.3 Å². The van der Waals surface area contributed by atoms with E-state index >= 15 is 0 Å². The minimum Gasteiger partial charge on any atom is -0.507 e. The van der Waals surface area contributed by atoms with E-state index in [0.29, 0.717) is 16.8 Å². The zero-order chi connectivity index (χ0) is 19.5. The molecule has 5 nitrogen and oxygen atoms in total. The highest BCUT2D eigenvalue weighted by Crippen LogP contribution is 2.24. The summed E-state index contributed by atoms with van der Waals surface area (Å²) >= 11 is 0. The number of aliphatic imine (C=N–C) groups is 1. The SMILES string of the molecule is Cc1cc(N=Cc2ccccc2O)ccc1NC(=O)c1cc2ccccc2o1. The maximum atomic E-state index is 12.5. The number of carbonyl (C=O) groups excluding carboxylic acids is 1. The molecule has 5 heteroatoms. The zero-order valence-electron chi connectivity index (χ0n) is 15.2. The van der Waals surface area contributed by atoms with Gasteiger partial charge in [-0.2, -0.15) is 0 Å². The van der Waals surface area contributed by atoms with E-state index in [2.05, 4.69) is 10.3 Å². The van der Waals surface area contributed by atoms with E-state index in [0.717, 1.165) is 16.6 Å². The third kappa shape index (κ3) is 3.64. The number of benzene rings is 3. The lowest BCUT2D eigenvalue weighted by Crippen LogP contribution is -2.11. The number of nitrogens with one attached hydrogen (secondary N) is 1. The van der Waals surface area contributed by atoms with Gasteiger partial charge in [-0.25, -0.2) is 0 Å². The second-order valence-corrected chi connectivity index (χ2v) is 6.42. The first kappa shape index (κ1) is 17.5. The van der Waals surface area contributed by atoms with Gasteiger partial charge in [0.15, 0.2) is 5.76 Å². The highest BCUT2D eigenvalue weighted by Gasteiger charge is 2.13. The molecule has 1 amide bonds. The van der Waals surface area contributed by atoms with Crippen LogP contribution in [0.25, 0.3) is 11.0 Å². The Morgan fingerprint density at radius 1 is 1.04 bits per heavy atom. The topological polar surface area (TPSA) is 74.8 Å². The van der Waals surface area contributed by atoms with Gasteiger partial charge in [0.05, 0.1) is 5.69 Å². The number of nitrogens with zero attached hydrogens (tertiary/aromatic N) is 1. The molecule has 3 aromatic carbocycles. The number of para-hydroxylation sites is 2. The van der Waals surface area contributed by atoms with E-state index in [9.17, 15) is 9.90 Å². The molecule has 2 N–H and O–H groups in total. The van der Waals surface area contributed by atoms with Crippen molar-refractivity contribution in [1.82, 2.24) is 0 Å². The summed E-state index contributed by atoms with van der Waals surface area (Å²) in [6, 6.07) is 21.7. The van der Waals surface area contributed by atoms with Crippen LogP contribution in [0.3, 0.4) is 0 Å². The van der Waals surface area contributed by atoms with Crippen molar-refractivity contribution in [1.29, 1.82) is 0 Å². The van der Waals surface area contributed by atoms with E-state index in [-0.39, 0.29) is 17.4 Å². The molecular weight excluding hydrogens is 352 g/mol. The van der Waals surface area contributed by atoms with Crippen molar-refractivity contribution in [3.05, 3.63) is 89.7 Å². The summed E-state index contributed by atoms with van der Waals surface area (Å²) in [6.45, 7) is 1.90. The van der Waals surface area contributed by atoms with Gasteiger partial charge in [-0.05, 0) is 55.0 Å². The lowest BCUT2D eigenvalue weighted by Gasteiger charge is -2.07. The number of amides is 1. The van der Waals surface area contributed by atoms with Crippen LogP contribution < -0.4 is 5.32 Å². The number of aryl methyl sites for hydroxylation is 1. The Morgan fingerprint density at radius 3 is 2.61 bits per heavy atom.